The first-order valence-electron chi connectivity index (χ1n) is 9.18. The molecule has 2 aliphatic heterocycles. The number of nitrogens with zero attached hydrogens (tertiary/aromatic N) is 1. The smallest absolute Gasteiger partial charge is 0.236 e. The molecule has 0 radical (unpaired) electrons. The number of para-hydroxylation sites is 1. The molecule has 1 atom stereocenters. The zero-order valence-corrected chi connectivity index (χ0v) is 15.8. The van der Waals surface area contributed by atoms with Gasteiger partial charge in [-0.3, -0.25) is 9.59 Å². The molecule has 144 valence electrons. The Bertz CT molecular complexity index is 571. The van der Waals surface area contributed by atoms with E-state index in [0.717, 1.165) is 44.5 Å². The molecule has 2 N–H and O–H groups in total. The maximum absolute atomic E-state index is 12.3. The number of hydrogen-bond acceptors (Lipinski definition) is 4. The molecule has 0 saturated carbocycles. The van der Waals surface area contributed by atoms with Gasteiger partial charge in [0.15, 0.2) is 0 Å². The number of ether oxygens (including phenoxy) is 1. The van der Waals surface area contributed by atoms with Gasteiger partial charge in [0.25, 0.3) is 0 Å². The summed E-state index contributed by atoms with van der Waals surface area (Å²) in [6.07, 6.45) is 3.87. The number of carbonyl (C=O) groups is 2. The molecule has 0 aromatic heterocycles. The van der Waals surface area contributed by atoms with Crippen molar-refractivity contribution in [2.75, 3.05) is 38.1 Å². The Labute approximate surface area is 161 Å². The van der Waals surface area contributed by atoms with Gasteiger partial charge < -0.3 is 20.3 Å². The summed E-state index contributed by atoms with van der Waals surface area (Å²) in [6.45, 7) is 3.21. The lowest BCUT2D eigenvalue weighted by Gasteiger charge is -2.31. The van der Waals surface area contributed by atoms with Gasteiger partial charge in [-0.05, 0) is 37.8 Å². The van der Waals surface area contributed by atoms with E-state index in [-0.39, 0.29) is 36.2 Å². The normalized spacial score (nSPS) is 20.5. The molecule has 0 aliphatic carbocycles. The second-order valence-corrected chi connectivity index (χ2v) is 6.78. The first kappa shape index (κ1) is 20.7. The van der Waals surface area contributed by atoms with Crippen LogP contribution < -0.4 is 10.6 Å². The SMILES string of the molecule is Cl.O=C(Nc1ccccc1)C1CCN(C(=O)CNCC2CCCO2)CC1. The summed E-state index contributed by atoms with van der Waals surface area (Å²) in [6, 6.07) is 9.50. The van der Waals surface area contributed by atoms with Crippen LogP contribution in [-0.2, 0) is 14.3 Å². The lowest BCUT2D eigenvalue weighted by atomic mass is 9.95. The van der Waals surface area contributed by atoms with Gasteiger partial charge in [0, 0.05) is 37.8 Å². The third-order valence-corrected chi connectivity index (χ3v) is 4.93. The zero-order chi connectivity index (χ0) is 17.5. The number of hydrogen-bond donors (Lipinski definition) is 2. The van der Waals surface area contributed by atoms with E-state index in [9.17, 15) is 9.59 Å². The Hall–Kier alpha value is -1.63. The lowest BCUT2D eigenvalue weighted by molar-refractivity contribution is -0.133. The second-order valence-electron chi connectivity index (χ2n) is 6.78. The van der Waals surface area contributed by atoms with Crippen LogP contribution in [-0.4, -0.2) is 55.6 Å². The van der Waals surface area contributed by atoms with E-state index >= 15 is 0 Å². The van der Waals surface area contributed by atoms with Gasteiger partial charge in [0.05, 0.1) is 12.6 Å². The summed E-state index contributed by atoms with van der Waals surface area (Å²) < 4.78 is 5.54. The van der Waals surface area contributed by atoms with Crippen LogP contribution in [0, 0.1) is 5.92 Å². The summed E-state index contributed by atoms with van der Waals surface area (Å²) in [4.78, 5) is 26.4. The number of halogens is 1. The van der Waals surface area contributed by atoms with Gasteiger partial charge >= 0.3 is 0 Å². The highest BCUT2D eigenvalue weighted by Crippen LogP contribution is 2.19. The third-order valence-electron chi connectivity index (χ3n) is 4.93. The largest absolute Gasteiger partial charge is 0.377 e. The minimum absolute atomic E-state index is 0. The van der Waals surface area contributed by atoms with Gasteiger partial charge in [-0.25, -0.2) is 0 Å². The minimum Gasteiger partial charge on any atom is -0.377 e. The first-order chi connectivity index (χ1) is 12.2. The van der Waals surface area contributed by atoms with Crippen molar-refractivity contribution in [3.8, 4) is 0 Å². The van der Waals surface area contributed by atoms with E-state index < -0.39 is 0 Å². The minimum atomic E-state index is -0.0240. The number of amides is 2. The Morgan fingerprint density at radius 3 is 2.50 bits per heavy atom. The highest BCUT2D eigenvalue weighted by molar-refractivity contribution is 5.92. The molecule has 2 saturated heterocycles. The summed E-state index contributed by atoms with van der Waals surface area (Å²) in [7, 11) is 0. The van der Waals surface area contributed by atoms with E-state index in [4.69, 9.17) is 4.74 Å². The van der Waals surface area contributed by atoms with Crippen molar-refractivity contribution in [2.45, 2.75) is 31.8 Å². The number of anilines is 1. The summed E-state index contributed by atoms with van der Waals surface area (Å²) in [5.74, 6) is 0.138. The predicted molar refractivity (Wildman–Crippen MR) is 103 cm³/mol. The number of carbonyl (C=O) groups excluding carboxylic acids is 2. The van der Waals surface area contributed by atoms with Crippen LogP contribution in [0.25, 0.3) is 0 Å². The number of benzene rings is 1. The Kier molecular flexibility index (Phi) is 8.35. The number of piperidine rings is 1. The second kappa shape index (κ2) is 10.5. The van der Waals surface area contributed by atoms with Crippen LogP contribution in [0.1, 0.15) is 25.7 Å². The molecular formula is C19H28ClN3O3. The van der Waals surface area contributed by atoms with Crippen LogP contribution >= 0.6 is 12.4 Å². The van der Waals surface area contributed by atoms with E-state index in [1.165, 1.54) is 0 Å². The molecule has 6 nitrogen and oxygen atoms in total. The first-order valence-corrected chi connectivity index (χ1v) is 9.18. The quantitative estimate of drug-likeness (QED) is 0.791. The Morgan fingerprint density at radius 2 is 1.85 bits per heavy atom. The van der Waals surface area contributed by atoms with Crippen LogP contribution in [0.3, 0.4) is 0 Å². The summed E-state index contributed by atoms with van der Waals surface area (Å²) in [5, 5.41) is 6.15. The van der Waals surface area contributed by atoms with Gasteiger partial charge in [-0.15, -0.1) is 12.4 Å². The molecule has 2 amide bonds. The van der Waals surface area contributed by atoms with Crippen molar-refractivity contribution < 1.29 is 14.3 Å². The van der Waals surface area contributed by atoms with Crippen LogP contribution in [0.15, 0.2) is 30.3 Å². The van der Waals surface area contributed by atoms with Crippen molar-refractivity contribution in [2.24, 2.45) is 5.92 Å². The van der Waals surface area contributed by atoms with Crippen molar-refractivity contribution in [1.82, 2.24) is 10.2 Å². The number of rotatable bonds is 6. The average molecular weight is 382 g/mol. The van der Waals surface area contributed by atoms with E-state index in [1.54, 1.807) is 0 Å². The number of nitrogens with one attached hydrogen (secondary N) is 2. The van der Waals surface area contributed by atoms with E-state index in [0.29, 0.717) is 19.6 Å². The molecule has 2 fully saturated rings. The highest BCUT2D eigenvalue weighted by atomic mass is 35.5. The van der Waals surface area contributed by atoms with Crippen LogP contribution in [0.2, 0.25) is 0 Å². The molecule has 1 aromatic carbocycles. The van der Waals surface area contributed by atoms with Gasteiger partial charge in [-0.1, -0.05) is 18.2 Å². The molecule has 1 unspecified atom stereocenters. The monoisotopic (exact) mass is 381 g/mol. The summed E-state index contributed by atoms with van der Waals surface area (Å²) >= 11 is 0. The fourth-order valence-electron chi connectivity index (χ4n) is 3.41. The zero-order valence-electron chi connectivity index (χ0n) is 15.0. The van der Waals surface area contributed by atoms with Crippen molar-refractivity contribution in [1.29, 1.82) is 0 Å². The molecule has 3 rings (SSSR count). The van der Waals surface area contributed by atoms with Gasteiger partial charge in [-0.2, -0.15) is 0 Å². The van der Waals surface area contributed by atoms with E-state index in [2.05, 4.69) is 10.6 Å². The maximum Gasteiger partial charge on any atom is 0.236 e. The van der Waals surface area contributed by atoms with E-state index in [1.807, 2.05) is 35.2 Å². The Morgan fingerprint density at radius 1 is 1.12 bits per heavy atom. The lowest BCUT2D eigenvalue weighted by Crippen LogP contribution is -2.45. The van der Waals surface area contributed by atoms with Crippen molar-refractivity contribution in [3.05, 3.63) is 30.3 Å². The molecule has 1 aromatic rings. The van der Waals surface area contributed by atoms with Crippen molar-refractivity contribution >= 4 is 29.9 Å². The van der Waals surface area contributed by atoms with Gasteiger partial charge in [0.1, 0.15) is 0 Å². The average Bonchev–Trinajstić information content (AvgIpc) is 3.16. The molecule has 26 heavy (non-hydrogen) atoms. The molecule has 0 bridgehead atoms. The molecule has 2 aliphatic rings. The van der Waals surface area contributed by atoms with Gasteiger partial charge in [0.2, 0.25) is 11.8 Å². The van der Waals surface area contributed by atoms with Crippen LogP contribution in [0.4, 0.5) is 5.69 Å². The predicted octanol–water partition coefficient (Wildman–Crippen LogP) is 2.05. The summed E-state index contributed by atoms with van der Waals surface area (Å²) in [5.41, 5.74) is 0.823. The fraction of sp³-hybridized carbons (Fsp3) is 0.579. The van der Waals surface area contributed by atoms with Crippen LogP contribution in [0.5, 0.6) is 0 Å². The maximum atomic E-state index is 12.3. The number of likely N-dealkylation sites (tertiary alicyclic amines) is 1. The highest BCUT2D eigenvalue weighted by Gasteiger charge is 2.27. The molecule has 0 spiro atoms. The standard InChI is InChI=1S/C19H27N3O3.ClH/c23-18(14-20-13-17-7-4-12-25-17)22-10-8-15(9-11-22)19(24)21-16-5-2-1-3-6-16;/h1-3,5-6,15,17,20H,4,7-14H2,(H,21,24);1H. The fourth-order valence-corrected chi connectivity index (χ4v) is 3.41. The van der Waals surface area contributed by atoms with Crippen molar-refractivity contribution in [3.63, 3.8) is 0 Å². The molecule has 2 heterocycles. The topological polar surface area (TPSA) is 70.7 Å². The third kappa shape index (κ3) is 5.97. The molecular weight excluding hydrogens is 354 g/mol. The molecule has 7 heteroatoms. The Balaban J connectivity index is 0.00000243.